The maximum Gasteiger partial charge on any atom is 0.321 e. The van der Waals surface area contributed by atoms with Gasteiger partial charge in [-0.05, 0) is 30.9 Å². The number of urea groups is 1. The van der Waals surface area contributed by atoms with Crippen molar-refractivity contribution in [3.63, 3.8) is 0 Å². The molecule has 2 aromatic rings. The van der Waals surface area contributed by atoms with Gasteiger partial charge in [-0.25, -0.2) is 9.18 Å². The first-order chi connectivity index (χ1) is 13.7. The summed E-state index contributed by atoms with van der Waals surface area (Å²) < 4.78 is 24.7. The Morgan fingerprint density at radius 3 is 2.86 bits per heavy atom. The van der Waals surface area contributed by atoms with Gasteiger partial charge in [-0.15, -0.1) is 0 Å². The van der Waals surface area contributed by atoms with Crippen molar-refractivity contribution in [3.05, 3.63) is 41.8 Å². The van der Waals surface area contributed by atoms with Gasteiger partial charge in [-0.1, -0.05) is 30.1 Å². The van der Waals surface area contributed by atoms with Crippen LogP contribution < -0.4 is 5.32 Å². The van der Waals surface area contributed by atoms with Crippen molar-refractivity contribution in [1.82, 2.24) is 15.0 Å². The van der Waals surface area contributed by atoms with Crippen LogP contribution in [0.15, 0.2) is 28.8 Å². The van der Waals surface area contributed by atoms with E-state index in [1.807, 2.05) is 0 Å². The van der Waals surface area contributed by atoms with Crippen LogP contribution in [0, 0.1) is 11.7 Å². The highest BCUT2D eigenvalue weighted by atomic mass is 19.1. The number of hydrogen-bond donors (Lipinski definition) is 1. The number of nitrogens with zero attached hydrogens (tertiary/aromatic N) is 3. The number of rotatable bonds is 7. The van der Waals surface area contributed by atoms with Gasteiger partial charge in [0, 0.05) is 26.1 Å². The summed E-state index contributed by atoms with van der Waals surface area (Å²) in [5.41, 5.74) is 0.175. The van der Waals surface area contributed by atoms with Gasteiger partial charge in [0.15, 0.2) is 5.82 Å². The predicted molar refractivity (Wildman–Crippen MR) is 101 cm³/mol. The van der Waals surface area contributed by atoms with Crippen LogP contribution in [0.2, 0.25) is 0 Å². The molecule has 2 fully saturated rings. The number of anilines is 1. The number of carbonyl (C=O) groups excluding carboxylic acids is 1. The maximum atomic E-state index is 13.6. The zero-order chi connectivity index (χ0) is 19.3. The Bertz CT molecular complexity index is 800. The fraction of sp³-hybridized carbons (Fsp3) is 0.550. The minimum atomic E-state index is -0.454. The van der Waals surface area contributed by atoms with Gasteiger partial charge in [0.2, 0.25) is 5.89 Å². The first-order valence-corrected chi connectivity index (χ1v) is 9.89. The Kier molecular flexibility index (Phi) is 5.85. The van der Waals surface area contributed by atoms with Crippen molar-refractivity contribution in [2.24, 2.45) is 5.92 Å². The van der Waals surface area contributed by atoms with Crippen molar-refractivity contribution >= 4 is 11.7 Å². The van der Waals surface area contributed by atoms with E-state index in [-0.39, 0.29) is 17.6 Å². The first kappa shape index (κ1) is 18.9. The molecule has 1 aromatic carbocycles. The topological polar surface area (TPSA) is 80.5 Å². The zero-order valence-electron chi connectivity index (χ0n) is 15.8. The van der Waals surface area contributed by atoms with Crippen LogP contribution >= 0.6 is 0 Å². The molecule has 2 amide bonds. The van der Waals surface area contributed by atoms with Crippen LogP contribution in [-0.4, -0.2) is 47.4 Å². The number of aromatic nitrogens is 2. The van der Waals surface area contributed by atoms with E-state index in [1.165, 1.54) is 37.8 Å². The van der Waals surface area contributed by atoms with Crippen LogP contribution in [-0.2, 0) is 11.2 Å². The molecular formula is C20H25FN4O3. The first-order valence-electron chi connectivity index (χ1n) is 9.89. The average molecular weight is 388 g/mol. The molecule has 1 aliphatic carbocycles. The molecule has 1 saturated heterocycles. The molecular weight excluding hydrogens is 363 g/mol. The van der Waals surface area contributed by atoms with E-state index in [1.54, 1.807) is 17.0 Å². The van der Waals surface area contributed by atoms with Gasteiger partial charge >= 0.3 is 6.03 Å². The number of halogens is 1. The second-order valence-electron chi connectivity index (χ2n) is 7.54. The lowest BCUT2D eigenvalue weighted by Crippen LogP contribution is -2.50. The average Bonchev–Trinajstić information content (AvgIpc) is 3.32. The van der Waals surface area contributed by atoms with Crippen molar-refractivity contribution in [3.8, 4) is 0 Å². The molecule has 1 saturated carbocycles. The lowest BCUT2D eigenvalue weighted by molar-refractivity contribution is 0.102. The Morgan fingerprint density at radius 2 is 2.07 bits per heavy atom. The van der Waals surface area contributed by atoms with Crippen LogP contribution in [0.4, 0.5) is 14.9 Å². The van der Waals surface area contributed by atoms with Gasteiger partial charge in [0.1, 0.15) is 5.82 Å². The molecule has 0 bridgehead atoms. The van der Waals surface area contributed by atoms with Crippen LogP contribution in [0.25, 0.3) is 0 Å². The van der Waals surface area contributed by atoms with Gasteiger partial charge in [0.05, 0.1) is 18.2 Å². The summed E-state index contributed by atoms with van der Waals surface area (Å²) in [6.07, 6.45) is 5.81. The fourth-order valence-corrected chi connectivity index (χ4v) is 3.68. The number of hydrogen-bond acceptors (Lipinski definition) is 5. The molecule has 2 aliphatic rings. The predicted octanol–water partition coefficient (Wildman–Crippen LogP) is 3.59. The monoisotopic (exact) mass is 388 g/mol. The number of nitrogens with one attached hydrogen (secondary N) is 1. The smallest absolute Gasteiger partial charge is 0.321 e. The van der Waals surface area contributed by atoms with E-state index in [0.717, 1.165) is 6.61 Å². The van der Waals surface area contributed by atoms with Crippen molar-refractivity contribution in [1.29, 1.82) is 0 Å². The third-order valence-corrected chi connectivity index (χ3v) is 5.42. The Balaban J connectivity index is 1.18. The van der Waals surface area contributed by atoms with E-state index < -0.39 is 5.82 Å². The molecule has 4 rings (SSSR count). The van der Waals surface area contributed by atoms with Crippen LogP contribution in [0.1, 0.15) is 43.3 Å². The normalized spacial score (nSPS) is 17.7. The van der Waals surface area contributed by atoms with E-state index in [0.29, 0.717) is 43.8 Å². The lowest BCUT2D eigenvalue weighted by atomic mass is 10.0. The summed E-state index contributed by atoms with van der Waals surface area (Å²) in [5.74, 6) is 1.45. The highest BCUT2D eigenvalue weighted by Gasteiger charge is 2.35. The Morgan fingerprint density at radius 1 is 1.29 bits per heavy atom. The molecule has 0 radical (unpaired) electrons. The Hall–Kier alpha value is -2.48. The van der Waals surface area contributed by atoms with Gasteiger partial charge in [-0.2, -0.15) is 4.98 Å². The van der Waals surface area contributed by atoms with Gasteiger partial charge < -0.3 is 19.5 Å². The van der Waals surface area contributed by atoms with E-state index >= 15 is 0 Å². The van der Waals surface area contributed by atoms with Gasteiger partial charge in [-0.3, -0.25) is 0 Å². The highest BCUT2D eigenvalue weighted by Crippen LogP contribution is 2.27. The zero-order valence-corrected chi connectivity index (χ0v) is 15.8. The minimum Gasteiger partial charge on any atom is -0.381 e. The summed E-state index contributed by atoms with van der Waals surface area (Å²) in [6, 6.07) is 5.77. The largest absolute Gasteiger partial charge is 0.381 e. The van der Waals surface area contributed by atoms with E-state index in [9.17, 15) is 9.18 Å². The number of likely N-dealkylation sites (tertiary alicyclic amines) is 1. The third-order valence-electron chi connectivity index (χ3n) is 5.42. The Labute approximate surface area is 163 Å². The van der Waals surface area contributed by atoms with Crippen LogP contribution in [0.5, 0.6) is 0 Å². The van der Waals surface area contributed by atoms with Crippen molar-refractivity contribution in [2.45, 2.75) is 38.0 Å². The SMILES string of the molecule is O=C(Nc1ccccc1F)N1CC(c2nc(CCOCC3CCCC3)no2)C1. The van der Waals surface area contributed by atoms with Crippen molar-refractivity contribution < 1.29 is 18.4 Å². The molecule has 1 N–H and O–H groups in total. The maximum absolute atomic E-state index is 13.6. The highest BCUT2D eigenvalue weighted by molar-refractivity contribution is 5.90. The lowest BCUT2D eigenvalue weighted by Gasteiger charge is -2.36. The quantitative estimate of drug-likeness (QED) is 0.733. The number of para-hydroxylation sites is 1. The van der Waals surface area contributed by atoms with Crippen LogP contribution in [0.3, 0.4) is 0 Å². The number of benzene rings is 1. The summed E-state index contributed by atoms with van der Waals surface area (Å²) in [4.78, 5) is 18.2. The molecule has 2 heterocycles. The number of amides is 2. The second kappa shape index (κ2) is 8.68. The fourth-order valence-electron chi connectivity index (χ4n) is 3.68. The molecule has 28 heavy (non-hydrogen) atoms. The molecule has 1 aromatic heterocycles. The summed E-state index contributed by atoms with van der Waals surface area (Å²) in [7, 11) is 0. The molecule has 0 unspecified atom stereocenters. The molecule has 1 aliphatic heterocycles. The van der Waals surface area contributed by atoms with Crippen molar-refractivity contribution in [2.75, 3.05) is 31.6 Å². The summed E-state index contributed by atoms with van der Waals surface area (Å²) in [5, 5.41) is 6.58. The van der Waals surface area contributed by atoms with Gasteiger partial charge in [0.25, 0.3) is 0 Å². The van der Waals surface area contributed by atoms with E-state index in [4.69, 9.17) is 9.26 Å². The number of ether oxygens (including phenoxy) is 1. The molecule has 0 atom stereocenters. The standard InChI is InChI=1S/C20H25FN4O3/c21-16-7-3-4-8-17(16)22-20(26)25-11-15(12-25)19-23-18(24-28-19)9-10-27-13-14-5-1-2-6-14/h3-4,7-8,14-15H,1-2,5-6,9-13H2,(H,22,26). The third kappa shape index (κ3) is 4.49. The second-order valence-corrected chi connectivity index (χ2v) is 7.54. The molecule has 0 spiro atoms. The minimum absolute atomic E-state index is 0.0204. The molecule has 150 valence electrons. The summed E-state index contributed by atoms with van der Waals surface area (Å²) >= 11 is 0. The van der Waals surface area contributed by atoms with E-state index in [2.05, 4.69) is 15.5 Å². The molecule has 8 heteroatoms. The summed E-state index contributed by atoms with van der Waals surface area (Å²) in [6.45, 7) is 2.36. The number of carbonyl (C=O) groups is 1. The molecule has 7 nitrogen and oxygen atoms in total.